The van der Waals surface area contributed by atoms with Crippen LogP contribution < -0.4 is 11.4 Å². The van der Waals surface area contributed by atoms with Gasteiger partial charge in [-0.1, -0.05) is 6.08 Å². The van der Waals surface area contributed by atoms with E-state index in [0.29, 0.717) is 23.1 Å². The maximum atomic E-state index is 11.3. The summed E-state index contributed by atoms with van der Waals surface area (Å²) in [5, 5.41) is 0. The summed E-state index contributed by atoms with van der Waals surface area (Å²) in [5.41, 5.74) is -0.511. The van der Waals surface area contributed by atoms with Crippen LogP contribution in [-0.2, 0) is 13.6 Å². The topological polar surface area (TPSA) is 48.9 Å². The minimum Gasteiger partial charge on any atom is -0.348 e. The van der Waals surface area contributed by atoms with Crippen LogP contribution in [0.3, 0.4) is 0 Å². The Kier molecular flexibility index (Phi) is 2.41. The molecule has 1 aromatic rings. The molecule has 0 amide bonds. The maximum absolute atomic E-state index is 11.3. The molecule has 0 aromatic carbocycles. The summed E-state index contributed by atoms with van der Waals surface area (Å²) in [5.74, 6) is 0. The summed E-state index contributed by atoms with van der Waals surface area (Å²) in [6, 6.07) is 0. The minimum atomic E-state index is -0.256. The van der Waals surface area contributed by atoms with E-state index < -0.39 is 0 Å². The predicted octanol–water partition coefficient (Wildman–Crippen LogP) is -2.07. The SMILES string of the molecule is C=CCn1c(=O)[n]([AlH2])c(=O)n1C. The van der Waals surface area contributed by atoms with E-state index in [1.807, 2.05) is 0 Å². The van der Waals surface area contributed by atoms with Gasteiger partial charge in [-0.3, -0.25) is 0 Å². The fraction of sp³-hybridized carbons (Fsp3) is 0.333. The Hall–Kier alpha value is -0.988. The number of aromatic nitrogens is 3. The highest BCUT2D eigenvalue weighted by Crippen LogP contribution is 1.75. The Morgan fingerprint density at radius 2 is 2.08 bits per heavy atom. The first-order chi connectivity index (χ1) is 5.59. The third-order valence-corrected chi connectivity index (χ3v) is 2.50. The number of allylic oxidation sites excluding steroid dienone is 1. The van der Waals surface area contributed by atoms with Crippen LogP contribution in [0.5, 0.6) is 0 Å². The lowest BCUT2D eigenvalue weighted by atomic mass is 10.6. The minimum absolute atomic E-state index is 0.255. The van der Waals surface area contributed by atoms with E-state index in [9.17, 15) is 9.59 Å². The Morgan fingerprint density at radius 1 is 1.50 bits per heavy atom. The predicted molar refractivity (Wildman–Crippen MR) is 48.1 cm³/mol. The second-order valence-corrected chi connectivity index (χ2v) is 3.41. The smallest absolute Gasteiger partial charge is 0.348 e. The van der Waals surface area contributed by atoms with E-state index in [4.69, 9.17) is 0 Å². The van der Waals surface area contributed by atoms with E-state index in [1.165, 1.54) is 12.9 Å². The molecule has 0 bridgehead atoms. The van der Waals surface area contributed by atoms with Crippen molar-refractivity contribution in [3.8, 4) is 0 Å². The van der Waals surface area contributed by atoms with Gasteiger partial charge in [0.1, 0.15) is 0 Å². The van der Waals surface area contributed by atoms with Crippen LogP contribution in [0.4, 0.5) is 0 Å². The van der Waals surface area contributed by atoms with Gasteiger partial charge in [-0.15, -0.1) is 6.58 Å². The van der Waals surface area contributed by atoms with E-state index in [0.717, 1.165) is 0 Å². The lowest BCUT2D eigenvalue weighted by molar-refractivity contribution is 0.531. The van der Waals surface area contributed by atoms with Crippen molar-refractivity contribution in [3.05, 3.63) is 33.6 Å². The van der Waals surface area contributed by atoms with Crippen molar-refractivity contribution < 1.29 is 0 Å². The molecule has 0 radical (unpaired) electrons. The van der Waals surface area contributed by atoms with Gasteiger partial charge in [-0.25, -0.2) is 19.0 Å². The van der Waals surface area contributed by atoms with Crippen LogP contribution in [0.25, 0.3) is 0 Å². The molecule has 0 saturated carbocycles. The molecular formula is C6H10AlN3O2. The van der Waals surface area contributed by atoms with Gasteiger partial charge in [0.15, 0.2) is 0 Å². The van der Waals surface area contributed by atoms with Crippen molar-refractivity contribution in [3.63, 3.8) is 0 Å². The van der Waals surface area contributed by atoms with Crippen molar-refractivity contribution >= 4 is 16.5 Å². The molecule has 0 fully saturated rings. The lowest BCUT2D eigenvalue weighted by Crippen LogP contribution is -2.27. The summed E-state index contributed by atoms with van der Waals surface area (Å²) in [7, 11) is 1.57. The van der Waals surface area contributed by atoms with Crippen molar-refractivity contribution in [2.75, 3.05) is 0 Å². The first kappa shape index (κ1) is 9.10. The summed E-state index contributed by atoms with van der Waals surface area (Å²) in [4.78, 5) is 22.5. The lowest BCUT2D eigenvalue weighted by Gasteiger charge is -1.98. The monoisotopic (exact) mass is 183 g/mol. The molecule has 0 unspecified atom stereocenters. The highest BCUT2D eigenvalue weighted by molar-refractivity contribution is 6.06. The van der Waals surface area contributed by atoms with Crippen molar-refractivity contribution in [1.29, 1.82) is 0 Å². The molecule has 0 aliphatic heterocycles. The fourth-order valence-corrected chi connectivity index (χ4v) is 1.55. The van der Waals surface area contributed by atoms with Gasteiger partial charge >= 0.3 is 27.9 Å². The second kappa shape index (κ2) is 3.17. The second-order valence-electron chi connectivity index (χ2n) is 2.52. The summed E-state index contributed by atoms with van der Waals surface area (Å²) >= 11 is 0.421. The van der Waals surface area contributed by atoms with Crippen molar-refractivity contribution in [1.82, 2.24) is 12.9 Å². The quantitative estimate of drug-likeness (QED) is 0.390. The van der Waals surface area contributed by atoms with Crippen LogP contribution >= 0.6 is 0 Å². The Bertz CT molecular complexity index is 411. The molecule has 0 N–H and O–H groups in total. The molecule has 1 aromatic heterocycles. The average molecular weight is 183 g/mol. The fourth-order valence-electron chi connectivity index (χ4n) is 1.03. The van der Waals surface area contributed by atoms with Crippen LogP contribution in [-0.4, -0.2) is 29.4 Å². The van der Waals surface area contributed by atoms with E-state index in [2.05, 4.69) is 6.58 Å². The van der Waals surface area contributed by atoms with E-state index in [1.54, 1.807) is 13.1 Å². The normalized spacial score (nSPS) is 10.1. The standard InChI is InChI=1S/C6H9N3O2.Al.2H/c1-3-4-9-6(11)7-5(10)8(9)2;;;/h3H,1,4H2,2H3,(H,7,10,11);;;/q;+1;;/p-1. The summed E-state index contributed by atoms with van der Waals surface area (Å²) in [6.45, 7) is 3.88. The van der Waals surface area contributed by atoms with Gasteiger partial charge in [-0.05, 0) is 0 Å². The Morgan fingerprint density at radius 3 is 2.42 bits per heavy atom. The van der Waals surface area contributed by atoms with Gasteiger partial charge < -0.3 is 3.55 Å². The third-order valence-electron chi connectivity index (χ3n) is 1.74. The molecule has 64 valence electrons. The molecule has 0 aliphatic carbocycles. The van der Waals surface area contributed by atoms with Crippen LogP contribution in [0, 0.1) is 0 Å². The van der Waals surface area contributed by atoms with Gasteiger partial charge in [0.25, 0.3) is 0 Å². The zero-order valence-electron chi connectivity index (χ0n) is 7.15. The molecule has 0 aliphatic rings. The first-order valence-corrected chi connectivity index (χ1v) is 4.42. The van der Waals surface area contributed by atoms with Gasteiger partial charge in [0.2, 0.25) is 0 Å². The van der Waals surface area contributed by atoms with Crippen molar-refractivity contribution in [2.24, 2.45) is 7.05 Å². The van der Waals surface area contributed by atoms with Crippen LogP contribution in [0.1, 0.15) is 0 Å². The van der Waals surface area contributed by atoms with E-state index in [-0.39, 0.29) is 11.4 Å². The van der Waals surface area contributed by atoms with Gasteiger partial charge in [0.05, 0.1) is 6.54 Å². The molecule has 0 spiro atoms. The molecule has 1 rings (SSSR count). The van der Waals surface area contributed by atoms with Gasteiger partial charge in [0, 0.05) is 7.05 Å². The first-order valence-electron chi connectivity index (χ1n) is 3.53. The molecule has 5 nitrogen and oxygen atoms in total. The summed E-state index contributed by atoms with van der Waals surface area (Å²) in [6.07, 6.45) is 1.59. The number of nitrogens with zero attached hydrogens (tertiary/aromatic N) is 3. The molecule has 12 heavy (non-hydrogen) atoms. The van der Waals surface area contributed by atoms with Crippen molar-refractivity contribution in [2.45, 2.75) is 6.54 Å². The summed E-state index contributed by atoms with van der Waals surface area (Å²) < 4.78 is 3.85. The molecular weight excluding hydrogens is 173 g/mol. The third kappa shape index (κ3) is 1.19. The van der Waals surface area contributed by atoms with Gasteiger partial charge in [-0.2, -0.15) is 0 Å². The molecule has 0 saturated heterocycles. The Balaban J connectivity index is 3.48. The Labute approximate surface area is 77.2 Å². The van der Waals surface area contributed by atoms with Crippen LogP contribution in [0.2, 0.25) is 0 Å². The molecule has 6 heteroatoms. The molecule has 1 heterocycles. The number of rotatable bonds is 2. The highest BCUT2D eigenvalue weighted by Gasteiger charge is 2.06. The van der Waals surface area contributed by atoms with E-state index >= 15 is 0 Å². The largest absolute Gasteiger partial charge is 0.385 e. The number of hydrogen-bond donors (Lipinski definition) is 0. The number of hydrogen-bond acceptors (Lipinski definition) is 2. The highest BCUT2D eigenvalue weighted by atomic mass is 27.1. The van der Waals surface area contributed by atoms with Crippen LogP contribution in [0.15, 0.2) is 22.2 Å². The average Bonchev–Trinajstić information content (AvgIpc) is 2.23. The maximum Gasteiger partial charge on any atom is 0.385 e. The molecule has 0 atom stereocenters. The zero-order valence-corrected chi connectivity index (χ0v) is 9.15. The zero-order chi connectivity index (χ0) is 9.30.